The van der Waals surface area contributed by atoms with Gasteiger partial charge in [0.25, 0.3) is 8.83 Å². The van der Waals surface area contributed by atoms with Crippen molar-refractivity contribution in [3.63, 3.8) is 0 Å². The monoisotopic (exact) mass is 164 g/mol. The number of rotatable bonds is 0. The average Bonchev–Trinajstić information content (AvgIpc) is 2.03. The fraction of sp³-hybridized carbons (Fsp3) is 0. The van der Waals surface area contributed by atoms with E-state index in [1.54, 1.807) is 0 Å². The van der Waals surface area contributed by atoms with Crippen molar-refractivity contribution < 1.29 is 0 Å². The molecule has 0 saturated carbocycles. The quantitative estimate of drug-likeness (QED) is 0.312. The van der Waals surface area contributed by atoms with Crippen LogP contribution in [0.5, 0.6) is 0 Å². The van der Waals surface area contributed by atoms with Crippen molar-refractivity contribution in [3.05, 3.63) is 35.9 Å². The standard InChI is InChI=1S/C8H5ClSi/c9-10-7-6-8-4-2-1-3-5-8/h1-5H. The van der Waals surface area contributed by atoms with Crippen molar-refractivity contribution >= 4 is 19.9 Å². The summed E-state index contributed by atoms with van der Waals surface area (Å²) in [4.78, 5) is 0. The van der Waals surface area contributed by atoms with Gasteiger partial charge >= 0.3 is 0 Å². The zero-order chi connectivity index (χ0) is 7.23. The van der Waals surface area contributed by atoms with Crippen LogP contribution in [0.2, 0.25) is 0 Å². The lowest BCUT2D eigenvalue weighted by Crippen LogP contribution is -1.72. The molecule has 1 rings (SSSR count). The van der Waals surface area contributed by atoms with Crippen LogP contribution in [-0.4, -0.2) is 8.83 Å². The van der Waals surface area contributed by atoms with Crippen molar-refractivity contribution in [2.75, 3.05) is 0 Å². The molecule has 2 heteroatoms. The maximum atomic E-state index is 5.41. The molecule has 1 aromatic carbocycles. The molecule has 0 aromatic heterocycles. The average molecular weight is 165 g/mol. The predicted octanol–water partition coefficient (Wildman–Crippen LogP) is 1.85. The second kappa shape index (κ2) is 4.16. The minimum absolute atomic E-state index is 0.194. The van der Waals surface area contributed by atoms with Gasteiger partial charge in [0.15, 0.2) is 0 Å². The van der Waals surface area contributed by atoms with E-state index in [0.717, 1.165) is 5.56 Å². The normalized spacial score (nSPS) is 8.10. The molecular formula is C8H5ClSi. The van der Waals surface area contributed by atoms with Gasteiger partial charge in [-0.25, -0.2) is 0 Å². The third-order valence-electron chi connectivity index (χ3n) is 1.03. The molecular weight excluding hydrogens is 160 g/mol. The molecule has 0 aliphatic rings. The summed E-state index contributed by atoms with van der Waals surface area (Å²) in [5.74, 6) is 2.92. The lowest BCUT2D eigenvalue weighted by atomic mass is 10.2. The van der Waals surface area contributed by atoms with E-state index in [9.17, 15) is 0 Å². The van der Waals surface area contributed by atoms with Gasteiger partial charge < -0.3 is 0 Å². The largest absolute Gasteiger partial charge is 0.273 e. The Morgan fingerprint density at radius 1 is 1.20 bits per heavy atom. The highest BCUT2D eigenvalue weighted by molar-refractivity contribution is 6.98. The smallest absolute Gasteiger partial charge is 0.152 e. The van der Waals surface area contributed by atoms with E-state index in [4.69, 9.17) is 11.1 Å². The van der Waals surface area contributed by atoms with Crippen molar-refractivity contribution in [2.24, 2.45) is 0 Å². The molecule has 0 bridgehead atoms. The molecule has 0 fully saturated rings. The second-order valence-electron chi connectivity index (χ2n) is 1.71. The van der Waals surface area contributed by atoms with Crippen LogP contribution in [0.4, 0.5) is 0 Å². The molecule has 1 aromatic rings. The SMILES string of the molecule is Cl[Si]C#Cc1ccccc1. The molecule has 0 heterocycles. The van der Waals surface area contributed by atoms with Crippen LogP contribution >= 0.6 is 11.1 Å². The third kappa shape index (κ3) is 2.26. The first-order valence-electron chi connectivity index (χ1n) is 2.85. The highest BCUT2D eigenvalue weighted by Crippen LogP contribution is 1.93. The fourth-order valence-corrected chi connectivity index (χ4v) is 0.951. The third-order valence-corrected chi connectivity index (χ3v) is 1.53. The summed E-state index contributed by atoms with van der Waals surface area (Å²) in [6.45, 7) is 0. The van der Waals surface area contributed by atoms with Gasteiger partial charge in [-0.1, -0.05) is 24.1 Å². The van der Waals surface area contributed by atoms with Crippen molar-refractivity contribution in [3.8, 4) is 11.5 Å². The van der Waals surface area contributed by atoms with E-state index < -0.39 is 0 Å². The van der Waals surface area contributed by atoms with Crippen molar-refractivity contribution in [1.29, 1.82) is 0 Å². The van der Waals surface area contributed by atoms with Crippen LogP contribution < -0.4 is 0 Å². The number of hydrogen-bond acceptors (Lipinski definition) is 0. The summed E-state index contributed by atoms with van der Waals surface area (Å²) in [6, 6.07) is 9.81. The molecule has 0 nitrogen and oxygen atoms in total. The first-order chi connectivity index (χ1) is 4.93. The topological polar surface area (TPSA) is 0 Å². The highest BCUT2D eigenvalue weighted by Gasteiger charge is 1.79. The van der Waals surface area contributed by atoms with Crippen LogP contribution in [0.1, 0.15) is 5.56 Å². The minimum atomic E-state index is 0.194. The molecule has 48 valence electrons. The Morgan fingerprint density at radius 2 is 1.90 bits per heavy atom. The van der Waals surface area contributed by atoms with Gasteiger partial charge in [-0.2, -0.15) is 11.1 Å². The van der Waals surface area contributed by atoms with E-state index in [0.29, 0.717) is 0 Å². The molecule has 2 radical (unpaired) electrons. The molecule has 0 unspecified atom stereocenters. The first kappa shape index (κ1) is 7.39. The van der Waals surface area contributed by atoms with Crippen LogP contribution in [-0.2, 0) is 0 Å². The molecule has 0 N–H and O–H groups in total. The Bertz CT molecular complexity index is 245. The molecule has 0 atom stereocenters. The van der Waals surface area contributed by atoms with Crippen LogP contribution in [0, 0.1) is 11.5 Å². The van der Waals surface area contributed by atoms with Crippen LogP contribution in [0.15, 0.2) is 30.3 Å². The van der Waals surface area contributed by atoms with Gasteiger partial charge in [0, 0.05) is 5.56 Å². The minimum Gasteiger partial charge on any atom is -0.152 e. The predicted molar refractivity (Wildman–Crippen MR) is 44.9 cm³/mol. The van der Waals surface area contributed by atoms with E-state index >= 15 is 0 Å². The molecule has 0 saturated heterocycles. The summed E-state index contributed by atoms with van der Waals surface area (Å²) in [6.07, 6.45) is 0. The maximum Gasteiger partial charge on any atom is 0.273 e. The Hall–Kier alpha value is -0.713. The molecule has 0 spiro atoms. The molecule has 0 aliphatic heterocycles. The van der Waals surface area contributed by atoms with Gasteiger partial charge in [-0.15, -0.1) is 5.54 Å². The summed E-state index contributed by atoms with van der Waals surface area (Å²) < 4.78 is 0. The Labute approximate surface area is 67.7 Å². The number of halogens is 1. The Kier molecular flexibility index (Phi) is 3.07. The van der Waals surface area contributed by atoms with E-state index in [1.807, 2.05) is 30.3 Å². The van der Waals surface area contributed by atoms with Gasteiger partial charge in [-0.05, 0) is 12.1 Å². The Morgan fingerprint density at radius 3 is 2.50 bits per heavy atom. The van der Waals surface area contributed by atoms with Crippen LogP contribution in [0.3, 0.4) is 0 Å². The Balaban J connectivity index is 2.76. The van der Waals surface area contributed by atoms with Crippen LogP contribution in [0.25, 0.3) is 0 Å². The van der Waals surface area contributed by atoms with Gasteiger partial charge in [-0.3, -0.25) is 0 Å². The maximum absolute atomic E-state index is 5.41. The molecule has 0 amide bonds. The van der Waals surface area contributed by atoms with Crippen molar-refractivity contribution in [1.82, 2.24) is 0 Å². The first-order valence-corrected chi connectivity index (χ1v) is 4.86. The zero-order valence-corrected chi connectivity index (χ0v) is 7.02. The van der Waals surface area contributed by atoms with E-state index in [2.05, 4.69) is 11.5 Å². The highest BCUT2D eigenvalue weighted by atomic mass is 35.6. The van der Waals surface area contributed by atoms with Gasteiger partial charge in [0.05, 0.1) is 0 Å². The summed E-state index contributed by atoms with van der Waals surface area (Å²) in [5, 5.41) is 0. The summed E-state index contributed by atoms with van der Waals surface area (Å²) >= 11 is 5.41. The second-order valence-corrected chi connectivity index (χ2v) is 2.72. The molecule has 10 heavy (non-hydrogen) atoms. The summed E-state index contributed by atoms with van der Waals surface area (Å²) in [5.41, 5.74) is 3.83. The number of benzene rings is 1. The van der Waals surface area contributed by atoms with Gasteiger partial charge in [0.2, 0.25) is 0 Å². The lowest BCUT2D eigenvalue weighted by Gasteiger charge is -1.84. The fourth-order valence-electron chi connectivity index (χ4n) is 0.617. The summed E-state index contributed by atoms with van der Waals surface area (Å²) in [7, 11) is 0.194. The lowest BCUT2D eigenvalue weighted by molar-refractivity contribution is 1.65. The van der Waals surface area contributed by atoms with E-state index in [1.165, 1.54) is 0 Å². The van der Waals surface area contributed by atoms with E-state index in [-0.39, 0.29) is 8.83 Å². The van der Waals surface area contributed by atoms with Crippen molar-refractivity contribution in [2.45, 2.75) is 0 Å². The van der Waals surface area contributed by atoms with Gasteiger partial charge in [0.1, 0.15) is 0 Å². The zero-order valence-electron chi connectivity index (χ0n) is 5.26. The number of hydrogen-bond donors (Lipinski definition) is 0. The molecule has 0 aliphatic carbocycles.